The molecular weight excluding hydrogens is 190 g/mol. The second-order valence-corrected chi connectivity index (χ2v) is 4.46. The Hall–Kier alpha value is -0.610. The van der Waals surface area contributed by atoms with Crippen molar-refractivity contribution in [2.75, 3.05) is 39.8 Å². The number of piperazine rings is 1. The maximum absolute atomic E-state index is 11.8. The lowest BCUT2D eigenvalue weighted by molar-refractivity contribution is -0.132. The fourth-order valence-electron chi connectivity index (χ4n) is 1.60. The normalized spacial score (nSPS) is 17.5. The molecule has 0 aromatic rings. The Balaban J connectivity index is 2.22. The fourth-order valence-corrected chi connectivity index (χ4v) is 1.60. The number of amides is 1. The minimum atomic E-state index is 0.295. The summed E-state index contributed by atoms with van der Waals surface area (Å²) < 4.78 is 0. The number of carbonyl (C=O) groups excluding carboxylic acids is 1. The van der Waals surface area contributed by atoms with Crippen LogP contribution < -0.4 is 5.32 Å². The summed E-state index contributed by atoms with van der Waals surface area (Å²) in [6.45, 7) is 8.76. The predicted octanol–water partition coefficient (Wildman–Crippen LogP) is 0.149. The molecule has 4 heteroatoms. The number of nitrogens with zero attached hydrogens (tertiary/aromatic N) is 2. The summed E-state index contributed by atoms with van der Waals surface area (Å²) >= 11 is 0. The van der Waals surface area contributed by atoms with Crippen LogP contribution in [0.25, 0.3) is 0 Å². The summed E-state index contributed by atoms with van der Waals surface area (Å²) in [5, 5.41) is 3.25. The monoisotopic (exact) mass is 213 g/mol. The van der Waals surface area contributed by atoms with Crippen LogP contribution in [0.2, 0.25) is 0 Å². The van der Waals surface area contributed by atoms with Crippen LogP contribution in [0.4, 0.5) is 0 Å². The minimum absolute atomic E-state index is 0.295. The molecule has 1 aliphatic rings. The van der Waals surface area contributed by atoms with Gasteiger partial charge in [0.2, 0.25) is 5.91 Å². The lowest BCUT2D eigenvalue weighted by Gasteiger charge is -2.28. The molecule has 0 unspecified atom stereocenters. The average molecular weight is 213 g/mol. The van der Waals surface area contributed by atoms with Crippen molar-refractivity contribution in [1.82, 2.24) is 15.1 Å². The third-order valence-electron chi connectivity index (χ3n) is 3.03. The largest absolute Gasteiger partial charge is 0.340 e. The third kappa shape index (κ3) is 4.18. The van der Waals surface area contributed by atoms with Crippen molar-refractivity contribution in [3.8, 4) is 0 Å². The molecule has 0 spiro atoms. The van der Waals surface area contributed by atoms with E-state index in [-0.39, 0.29) is 0 Å². The Bertz CT molecular complexity index is 200. The molecule has 0 aliphatic carbocycles. The van der Waals surface area contributed by atoms with Crippen LogP contribution in [0.5, 0.6) is 0 Å². The van der Waals surface area contributed by atoms with Gasteiger partial charge in [-0.2, -0.15) is 0 Å². The van der Waals surface area contributed by atoms with Crippen molar-refractivity contribution in [2.24, 2.45) is 0 Å². The molecule has 0 saturated carbocycles. The highest BCUT2D eigenvalue weighted by Crippen LogP contribution is 2.00. The first-order valence-corrected chi connectivity index (χ1v) is 5.80. The molecule has 1 aliphatic heterocycles. The second-order valence-electron chi connectivity index (χ2n) is 4.46. The number of hydrogen-bond acceptors (Lipinski definition) is 3. The molecule has 1 N–H and O–H groups in total. The van der Waals surface area contributed by atoms with Crippen LogP contribution in [-0.4, -0.2) is 61.5 Å². The van der Waals surface area contributed by atoms with Crippen molar-refractivity contribution < 1.29 is 4.79 Å². The Labute approximate surface area is 92.6 Å². The second kappa shape index (κ2) is 6.08. The van der Waals surface area contributed by atoms with Gasteiger partial charge in [-0.1, -0.05) is 0 Å². The van der Waals surface area contributed by atoms with E-state index in [0.29, 0.717) is 18.4 Å². The third-order valence-corrected chi connectivity index (χ3v) is 3.03. The number of carbonyl (C=O) groups is 1. The van der Waals surface area contributed by atoms with Gasteiger partial charge < -0.3 is 15.1 Å². The highest BCUT2D eigenvalue weighted by molar-refractivity contribution is 5.76. The molecule has 0 aromatic carbocycles. The average Bonchev–Trinajstić information content (AvgIpc) is 2.26. The Kier molecular flexibility index (Phi) is 5.05. The maximum atomic E-state index is 11.8. The summed E-state index contributed by atoms with van der Waals surface area (Å²) in [5.41, 5.74) is 0. The van der Waals surface area contributed by atoms with Gasteiger partial charge in [0.05, 0.1) is 0 Å². The first-order valence-electron chi connectivity index (χ1n) is 5.80. The lowest BCUT2D eigenvalue weighted by Crippen LogP contribution is -2.47. The quantitative estimate of drug-likeness (QED) is 0.722. The molecule has 1 saturated heterocycles. The van der Waals surface area contributed by atoms with Crippen molar-refractivity contribution in [1.29, 1.82) is 0 Å². The van der Waals surface area contributed by atoms with E-state index >= 15 is 0 Å². The molecule has 15 heavy (non-hydrogen) atoms. The van der Waals surface area contributed by atoms with Gasteiger partial charge in [0.25, 0.3) is 0 Å². The Morgan fingerprint density at radius 1 is 1.40 bits per heavy atom. The number of nitrogens with one attached hydrogen (secondary N) is 1. The first-order chi connectivity index (χ1) is 7.11. The van der Waals surface area contributed by atoms with Gasteiger partial charge in [-0.25, -0.2) is 0 Å². The van der Waals surface area contributed by atoms with Crippen LogP contribution >= 0.6 is 0 Å². The molecule has 0 bridgehead atoms. The van der Waals surface area contributed by atoms with Crippen molar-refractivity contribution >= 4 is 5.91 Å². The Morgan fingerprint density at radius 2 is 2.00 bits per heavy atom. The topological polar surface area (TPSA) is 35.6 Å². The van der Waals surface area contributed by atoms with E-state index in [9.17, 15) is 4.79 Å². The van der Waals surface area contributed by atoms with Gasteiger partial charge >= 0.3 is 0 Å². The van der Waals surface area contributed by atoms with Crippen molar-refractivity contribution in [3.63, 3.8) is 0 Å². The van der Waals surface area contributed by atoms with Gasteiger partial charge in [0.1, 0.15) is 0 Å². The first kappa shape index (κ1) is 12.5. The van der Waals surface area contributed by atoms with E-state index in [1.165, 1.54) is 0 Å². The molecule has 0 aromatic heterocycles. The molecule has 1 fully saturated rings. The molecule has 88 valence electrons. The number of hydrogen-bond donors (Lipinski definition) is 1. The highest BCUT2D eigenvalue weighted by atomic mass is 16.2. The summed E-state index contributed by atoms with van der Waals surface area (Å²) in [6.07, 6.45) is 0.647. The molecule has 1 amide bonds. The smallest absolute Gasteiger partial charge is 0.223 e. The highest BCUT2D eigenvalue weighted by Gasteiger charge is 2.16. The summed E-state index contributed by atoms with van der Waals surface area (Å²) in [4.78, 5) is 16.0. The molecule has 0 radical (unpaired) electrons. The minimum Gasteiger partial charge on any atom is -0.340 e. The van der Waals surface area contributed by atoms with Crippen LogP contribution in [0, 0.1) is 0 Å². The molecule has 0 atom stereocenters. The fraction of sp³-hybridized carbons (Fsp3) is 0.909. The van der Waals surface area contributed by atoms with Gasteiger partial charge in [-0.15, -0.1) is 0 Å². The zero-order valence-electron chi connectivity index (χ0n) is 10.1. The maximum Gasteiger partial charge on any atom is 0.223 e. The van der Waals surface area contributed by atoms with Crippen LogP contribution in [0.15, 0.2) is 0 Å². The van der Waals surface area contributed by atoms with Crippen LogP contribution in [0.1, 0.15) is 20.3 Å². The van der Waals surface area contributed by atoms with Crippen molar-refractivity contribution in [3.05, 3.63) is 0 Å². The van der Waals surface area contributed by atoms with Gasteiger partial charge in [0.15, 0.2) is 0 Å². The summed E-state index contributed by atoms with van der Waals surface area (Å²) in [7, 11) is 2.07. The zero-order chi connectivity index (χ0) is 11.3. The standard InChI is InChI=1S/C11H23N3O/c1-10(2)13(3)7-4-11(15)14-8-5-12-6-9-14/h10,12H,4-9H2,1-3H3. The van der Waals surface area contributed by atoms with Crippen LogP contribution in [0.3, 0.4) is 0 Å². The number of rotatable bonds is 4. The molecule has 1 heterocycles. The summed E-state index contributed by atoms with van der Waals surface area (Å²) in [5.74, 6) is 0.295. The summed E-state index contributed by atoms with van der Waals surface area (Å²) in [6, 6.07) is 0.515. The van der Waals surface area contributed by atoms with Gasteiger partial charge in [-0.05, 0) is 20.9 Å². The molecule has 4 nitrogen and oxygen atoms in total. The van der Waals surface area contributed by atoms with E-state index in [2.05, 4.69) is 31.1 Å². The van der Waals surface area contributed by atoms with E-state index < -0.39 is 0 Å². The van der Waals surface area contributed by atoms with Gasteiger partial charge in [-0.3, -0.25) is 4.79 Å². The predicted molar refractivity (Wildman–Crippen MR) is 61.8 cm³/mol. The zero-order valence-corrected chi connectivity index (χ0v) is 10.1. The SMILES string of the molecule is CC(C)N(C)CCC(=O)N1CCNCC1. The van der Waals surface area contributed by atoms with Gasteiger partial charge in [0, 0.05) is 45.2 Å². The Morgan fingerprint density at radius 3 is 2.53 bits per heavy atom. The van der Waals surface area contributed by atoms with E-state index in [1.807, 2.05) is 4.90 Å². The van der Waals surface area contributed by atoms with E-state index in [4.69, 9.17) is 0 Å². The van der Waals surface area contributed by atoms with Crippen LogP contribution in [-0.2, 0) is 4.79 Å². The molecule has 1 rings (SSSR count). The van der Waals surface area contributed by atoms with E-state index in [1.54, 1.807) is 0 Å². The lowest BCUT2D eigenvalue weighted by atomic mass is 10.2. The van der Waals surface area contributed by atoms with Crippen molar-refractivity contribution in [2.45, 2.75) is 26.3 Å². The molecular formula is C11H23N3O. The van der Waals surface area contributed by atoms with E-state index in [0.717, 1.165) is 32.7 Å².